The molecule has 0 fully saturated rings. The van der Waals surface area contributed by atoms with Crippen LogP contribution in [0.4, 0.5) is 0 Å². The summed E-state index contributed by atoms with van der Waals surface area (Å²) >= 11 is 0. The molecule has 0 amide bonds. The Morgan fingerprint density at radius 2 is 2.29 bits per heavy atom. The van der Waals surface area contributed by atoms with Gasteiger partial charge in [0.15, 0.2) is 0 Å². The van der Waals surface area contributed by atoms with Crippen molar-refractivity contribution in [2.24, 2.45) is 10.7 Å². The Balaban J connectivity index is 2.76. The van der Waals surface area contributed by atoms with E-state index in [0.29, 0.717) is 24.0 Å². The zero-order valence-electron chi connectivity index (χ0n) is 8.40. The van der Waals surface area contributed by atoms with Crippen molar-refractivity contribution in [3.63, 3.8) is 0 Å². The molecule has 0 spiro atoms. The van der Waals surface area contributed by atoms with Crippen molar-refractivity contribution >= 4 is 5.84 Å². The monoisotopic (exact) mass is 194 g/mol. The molecule has 14 heavy (non-hydrogen) atoms. The first kappa shape index (κ1) is 10.4. The van der Waals surface area contributed by atoms with E-state index in [0.717, 1.165) is 6.42 Å². The summed E-state index contributed by atoms with van der Waals surface area (Å²) in [5.74, 6) is 0.888. The fourth-order valence-corrected chi connectivity index (χ4v) is 0.879. The summed E-state index contributed by atoms with van der Waals surface area (Å²) < 4.78 is 4.88. The third kappa shape index (κ3) is 2.69. The van der Waals surface area contributed by atoms with Crippen molar-refractivity contribution in [2.75, 3.05) is 13.7 Å². The predicted molar refractivity (Wildman–Crippen MR) is 54.5 cm³/mol. The van der Waals surface area contributed by atoms with E-state index in [4.69, 9.17) is 10.5 Å². The van der Waals surface area contributed by atoms with Crippen LogP contribution in [0.3, 0.4) is 0 Å². The molecule has 0 saturated carbocycles. The Morgan fingerprint density at radius 1 is 1.50 bits per heavy atom. The largest absolute Gasteiger partial charge is 0.480 e. The first-order chi connectivity index (χ1) is 6.77. The maximum Gasteiger partial charge on any atom is 0.233 e. The molecule has 0 unspecified atom stereocenters. The normalized spacial score (nSPS) is 11.4. The average molecular weight is 194 g/mol. The fourth-order valence-electron chi connectivity index (χ4n) is 0.879. The number of rotatable bonds is 4. The van der Waals surface area contributed by atoms with Gasteiger partial charge in [-0.15, -0.1) is 10.2 Å². The lowest BCUT2D eigenvalue weighted by Crippen LogP contribution is -2.16. The van der Waals surface area contributed by atoms with E-state index >= 15 is 0 Å². The number of hydrogen-bond donors (Lipinski definition) is 1. The van der Waals surface area contributed by atoms with Gasteiger partial charge in [-0.3, -0.25) is 4.99 Å². The highest BCUT2D eigenvalue weighted by molar-refractivity contribution is 5.95. The van der Waals surface area contributed by atoms with Gasteiger partial charge in [0, 0.05) is 12.6 Å². The van der Waals surface area contributed by atoms with Crippen LogP contribution in [0.2, 0.25) is 0 Å². The van der Waals surface area contributed by atoms with Crippen LogP contribution in [0, 0.1) is 0 Å². The molecule has 0 radical (unpaired) electrons. The molecular weight excluding hydrogens is 180 g/mol. The maximum absolute atomic E-state index is 5.68. The molecule has 5 heteroatoms. The number of ether oxygens (including phenoxy) is 1. The molecule has 1 aromatic rings. The number of nitrogens with two attached hydrogens (primary N) is 1. The van der Waals surface area contributed by atoms with Gasteiger partial charge in [-0.05, 0) is 12.5 Å². The van der Waals surface area contributed by atoms with Gasteiger partial charge < -0.3 is 10.5 Å². The Kier molecular flexibility index (Phi) is 3.84. The Morgan fingerprint density at radius 3 is 2.79 bits per heavy atom. The van der Waals surface area contributed by atoms with E-state index in [1.807, 2.05) is 6.92 Å². The lowest BCUT2D eigenvalue weighted by Gasteiger charge is -2.00. The van der Waals surface area contributed by atoms with Crippen molar-refractivity contribution in [3.8, 4) is 5.88 Å². The van der Waals surface area contributed by atoms with Crippen molar-refractivity contribution < 1.29 is 4.74 Å². The van der Waals surface area contributed by atoms with Gasteiger partial charge in [0.2, 0.25) is 5.88 Å². The highest BCUT2D eigenvalue weighted by Crippen LogP contribution is 2.03. The van der Waals surface area contributed by atoms with Gasteiger partial charge in [-0.1, -0.05) is 6.92 Å². The summed E-state index contributed by atoms with van der Waals surface area (Å²) in [4.78, 5) is 4.12. The van der Waals surface area contributed by atoms with Crippen LogP contribution in [0.15, 0.2) is 17.1 Å². The van der Waals surface area contributed by atoms with Gasteiger partial charge >= 0.3 is 0 Å². The summed E-state index contributed by atoms with van der Waals surface area (Å²) in [7, 11) is 1.54. The highest BCUT2D eigenvalue weighted by Gasteiger charge is 2.00. The van der Waals surface area contributed by atoms with Crippen molar-refractivity contribution in [2.45, 2.75) is 13.3 Å². The van der Waals surface area contributed by atoms with E-state index in [-0.39, 0.29) is 0 Å². The third-order valence-corrected chi connectivity index (χ3v) is 1.62. The zero-order chi connectivity index (χ0) is 10.4. The zero-order valence-corrected chi connectivity index (χ0v) is 8.40. The second-order valence-corrected chi connectivity index (χ2v) is 2.73. The van der Waals surface area contributed by atoms with Gasteiger partial charge in [-0.25, -0.2) is 0 Å². The summed E-state index contributed by atoms with van der Waals surface area (Å²) in [5.41, 5.74) is 6.26. The van der Waals surface area contributed by atoms with Crippen LogP contribution in [0.25, 0.3) is 0 Å². The predicted octanol–water partition coefficient (Wildman–Crippen LogP) is 0.600. The number of aliphatic imine (C=N–C) groups is 1. The first-order valence-corrected chi connectivity index (χ1v) is 4.46. The molecule has 0 aromatic carbocycles. The standard InChI is InChI=1S/C9H14N4O/c1-3-6-11-9(10)7-4-5-8(14-2)13-12-7/h4-5H,3,6H2,1-2H3,(H2,10,11). The van der Waals surface area contributed by atoms with Crippen LogP contribution in [0.1, 0.15) is 19.0 Å². The number of methoxy groups -OCH3 is 1. The van der Waals surface area contributed by atoms with Crippen molar-refractivity contribution in [3.05, 3.63) is 17.8 Å². The lowest BCUT2D eigenvalue weighted by molar-refractivity contribution is 0.392. The summed E-state index contributed by atoms with van der Waals surface area (Å²) in [5, 5.41) is 7.66. The van der Waals surface area contributed by atoms with Gasteiger partial charge in [0.25, 0.3) is 0 Å². The number of amidine groups is 1. The summed E-state index contributed by atoms with van der Waals surface area (Å²) in [6.07, 6.45) is 0.963. The van der Waals surface area contributed by atoms with Crippen molar-refractivity contribution in [1.82, 2.24) is 10.2 Å². The quantitative estimate of drug-likeness (QED) is 0.562. The van der Waals surface area contributed by atoms with Crippen molar-refractivity contribution in [1.29, 1.82) is 0 Å². The molecular formula is C9H14N4O. The molecule has 1 heterocycles. The molecule has 0 aliphatic carbocycles. The smallest absolute Gasteiger partial charge is 0.233 e. The molecule has 0 aliphatic rings. The van der Waals surface area contributed by atoms with E-state index in [2.05, 4.69) is 15.2 Å². The van der Waals surface area contributed by atoms with E-state index in [1.54, 1.807) is 12.1 Å². The topological polar surface area (TPSA) is 73.4 Å². The highest BCUT2D eigenvalue weighted by atomic mass is 16.5. The third-order valence-electron chi connectivity index (χ3n) is 1.62. The Bertz CT molecular complexity index is 307. The van der Waals surface area contributed by atoms with E-state index in [1.165, 1.54) is 7.11 Å². The second-order valence-electron chi connectivity index (χ2n) is 2.73. The van der Waals surface area contributed by atoms with Crippen LogP contribution in [-0.4, -0.2) is 29.7 Å². The minimum Gasteiger partial charge on any atom is -0.480 e. The van der Waals surface area contributed by atoms with Crippen LogP contribution < -0.4 is 10.5 Å². The maximum atomic E-state index is 5.68. The number of aromatic nitrogens is 2. The van der Waals surface area contributed by atoms with Crippen LogP contribution >= 0.6 is 0 Å². The lowest BCUT2D eigenvalue weighted by atomic mass is 10.3. The first-order valence-electron chi connectivity index (χ1n) is 4.46. The van der Waals surface area contributed by atoms with Gasteiger partial charge in [0.05, 0.1) is 7.11 Å². The molecule has 1 aromatic heterocycles. The van der Waals surface area contributed by atoms with Gasteiger partial charge in [0.1, 0.15) is 11.5 Å². The van der Waals surface area contributed by atoms with Crippen LogP contribution in [0.5, 0.6) is 5.88 Å². The minimum absolute atomic E-state index is 0.419. The van der Waals surface area contributed by atoms with E-state index < -0.39 is 0 Å². The fraction of sp³-hybridized carbons (Fsp3) is 0.444. The molecule has 5 nitrogen and oxygen atoms in total. The van der Waals surface area contributed by atoms with Gasteiger partial charge in [-0.2, -0.15) is 0 Å². The number of nitrogens with zero attached hydrogens (tertiary/aromatic N) is 3. The summed E-state index contributed by atoms with van der Waals surface area (Å²) in [6.45, 7) is 2.75. The molecule has 0 atom stereocenters. The average Bonchev–Trinajstić information content (AvgIpc) is 2.26. The Hall–Kier alpha value is -1.65. The van der Waals surface area contributed by atoms with Crippen LogP contribution in [-0.2, 0) is 0 Å². The Labute approximate surface area is 83.0 Å². The second kappa shape index (κ2) is 5.16. The van der Waals surface area contributed by atoms with E-state index in [9.17, 15) is 0 Å². The molecule has 0 bridgehead atoms. The molecule has 2 N–H and O–H groups in total. The molecule has 0 aliphatic heterocycles. The number of hydrogen-bond acceptors (Lipinski definition) is 4. The minimum atomic E-state index is 0.419. The SMILES string of the molecule is CCCN=C(N)c1ccc(OC)nn1. The molecule has 1 rings (SSSR count). The summed E-state index contributed by atoms with van der Waals surface area (Å²) in [6, 6.07) is 3.44. The molecule has 76 valence electrons. The molecule has 0 saturated heterocycles.